The van der Waals surface area contributed by atoms with Crippen molar-refractivity contribution in [3.05, 3.63) is 0 Å². The summed E-state index contributed by atoms with van der Waals surface area (Å²) in [6.45, 7) is 3.25. The molecular weight excluding hydrogens is 96.9 g/mol. The van der Waals surface area contributed by atoms with E-state index in [1.165, 1.54) is 25.5 Å². The van der Waals surface area contributed by atoms with E-state index in [0.717, 1.165) is 6.71 Å². The first-order chi connectivity index (χ1) is 3.79. The van der Waals surface area contributed by atoms with Crippen LogP contribution in [0.5, 0.6) is 0 Å². The first-order valence-corrected chi connectivity index (χ1v) is 3.54. The summed E-state index contributed by atoms with van der Waals surface area (Å²) in [6, 6.07) is 0.520. The van der Waals surface area contributed by atoms with Crippen LogP contribution in [0.2, 0.25) is 19.5 Å². The Morgan fingerprint density at radius 1 is 1.38 bits per heavy atom. The quantitative estimate of drug-likeness (QED) is 0.467. The minimum atomic E-state index is 0.520. The summed E-state index contributed by atoms with van der Waals surface area (Å²) >= 11 is 0. The molecule has 46 valence electrons. The first kappa shape index (κ1) is 6.15. The lowest BCUT2D eigenvalue weighted by Crippen LogP contribution is -2.28. The second-order valence-electron chi connectivity index (χ2n) is 3.02. The Labute approximate surface area is 51.7 Å². The van der Waals surface area contributed by atoms with Crippen molar-refractivity contribution in [2.24, 2.45) is 5.73 Å². The lowest BCUT2D eigenvalue weighted by Gasteiger charge is -2.20. The highest BCUT2D eigenvalue weighted by atomic mass is 14.6. The summed E-state index contributed by atoms with van der Waals surface area (Å²) in [4.78, 5) is 0. The molecule has 0 saturated carbocycles. The van der Waals surface area contributed by atoms with Gasteiger partial charge in [-0.1, -0.05) is 19.5 Å². The molecule has 2 N–H and O–H groups in total. The molecule has 1 aliphatic heterocycles. The predicted octanol–water partition coefficient (Wildman–Crippen LogP) is 1.23. The van der Waals surface area contributed by atoms with Crippen LogP contribution < -0.4 is 5.73 Å². The van der Waals surface area contributed by atoms with Gasteiger partial charge in [-0.2, -0.15) is 0 Å². The minimum Gasteiger partial charge on any atom is -0.328 e. The van der Waals surface area contributed by atoms with Crippen molar-refractivity contribution in [1.29, 1.82) is 0 Å². The molecule has 2 heteroatoms. The van der Waals surface area contributed by atoms with E-state index in [9.17, 15) is 0 Å². The van der Waals surface area contributed by atoms with Crippen LogP contribution in [0.3, 0.4) is 0 Å². The largest absolute Gasteiger partial charge is 0.328 e. The van der Waals surface area contributed by atoms with Crippen molar-refractivity contribution >= 4 is 6.71 Å². The molecule has 0 aromatic heterocycles. The van der Waals surface area contributed by atoms with E-state index in [4.69, 9.17) is 5.73 Å². The molecule has 0 unspecified atom stereocenters. The van der Waals surface area contributed by atoms with Gasteiger partial charge in [0.05, 0.1) is 0 Å². The molecule has 0 aromatic rings. The molecule has 1 saturated heterocycles. The average Bonchev–Trinajstić information content (AvgIpc) is 1.77. The van der Waals surface area contributed by atoms with E-state index in [-0.39, 0.29) is 0 Å². The maximum Gasteiger partial charge on any atom is 0.136 e. The molecule has 0 radical (unpaired) electrons. The van der Waals surface area contributed by atoms with Crippen LogP contribution in [-0.2, 0) is 0 Å². The van der Waals surface area contributed by atoms with Gasteiger partial charge < -0.3 is 5.73 Å². The monoisotopic (exact) mass is 111 g/mol. The lowest BCUT2D eigenvalue weighted by atomic mass is 9.43. The third-order valence-electron chi connectivity index (χ3n) is 2.06. The fourth-order valence-corrected chi connectivity index (χ4v) is 1.29. The normalized spacial score (nSPS) is 24.0. The smallest absolute Gasteiger partial charge is 0.136 e. The van der Waals surface area contributed by atoms with Gasteiger partial charge in [0, 0.05) is 6.04 Å². The van der Waals surface area contributed by atoms with Crippen molar-refractivity contribution in [2.45, 2.75) is 38.3 Å². The molecule has 1 rings (SSSR count). The SMILES string of the molecule is CB1CCC(N)CC1. The van der Waals surface area contributed by atoms with Gasteiger partial charge in [-0.25, -0.2) is 0 Å². The van der Waals surface area contributed by atoms with Crippen molar-refractivity contribution < 1.29 is 0 Å². The second-order valence-corrected chi connectivity index (χ2v) is 3.02. The molecular formula is C6H14BN. The molecule has 0 aliphatic carbocycles. The zero-order valence-corrected chi connectivity index (χ0v) is 5.56. The summed E-state index contributed by atoms with van der Waals surface area (Å²) in [5, 5.41) is 0. The molecule has 0 aromatic carbocycles. The minimum absolute atomic E-state index is 0.520. The van der Waals surface area contributed by atoms with Gasteiger partial charge in [0.1, 0.15) is 6.71 Å². The number of hydrogen-bond donors (Lipinski definition) is 1. The maximum absolute atomic E-state index is 5.70. The molecule has 1 heterocycles. The summed E-state index contributed by atoms with van der Waals surface area (Å²) in [5.41, 5.74) is 5.70. The van der Waals surface area contributed by atoms with Crippen LogP contribution in [0, 0.1) is 0 Å². The van der Waals surface area contributed by atoms with E-state index in [0.29, 0.717) is 6.04 Å². The maximum atomic E-state index is 5.70. The molecule has 1 nitrogen and oxygen atoms in total. The molecule has 0 spiro atoms. The first-order valence-electron chi connectivity index (χ1n) is 3.54. The Hall–Kier alpha value is 0.0249. The van der Waals surface area contributed by atoms with Crippen LogP contribution in [0.25, 0.3) is 0 Å². The van der Waals surface area contributed by atoms with Crippen LogP contribution in [0.1, 0.15) is 12.8 Å². The Morgan fingerprint density at radius 2 is 1.88 bits per heavy atom. The standard InChI is InChI=1S/C6H14BN/c1-7-4-2-6(8)3-5-7/h6H,2-5,8H2,1H3. The zero-order valence-electron chi connectivity index (χ0n) is 5.56. The van der Waals surface area contributed by atoms with Gasteiger partial charge in [-0.3, -0.25) is 0 Å². The molecule has 8 heavy (non-hydrogen) atoms. The molecule has 0 bridgehead atoms. The number of nitrogens with two attached hydrogens (primary N) is 1. The van der Waals surface area contributed by atoms with Crippen LogP contribution in [-0.4, -0.2) is 12.8 Å². The topological polar surface area (TPSA) is 26.0 Å². The summed E-state index contributed by atoms with van der Waals surface area (Å²) in [5.74, 6) is 0. The Morgan fingerprint density at radius 3 is 2.25 bits per heavy atom. The van der Waals surface area contributed by atoms with Gasteiger partial charge in [0.25, 0.3) is 0 Å². The van der Waals surface area contributed by atoms with Crippen molar-refractivity contribution in [3.63, 3.8) is 0 Å². The molecule has 0 atom stereocenters. The summed E-state index contributed by atoms with van der Waals surface area (Å²) in [7, 11) is 0. The van der Waals surface area contributed by atoms with Gasteiger partial charge in [-0.05, 0) is 12.8 Å². The Bertz CT molecular complexity index is 56.9. The van der Waals surface area contributed by atoms with E-state index < -0.39 is 0 Å². The summed E-state index contributed by atoms with van der Waals surface area (Å²) < 4.78 is 0. The van der Waals surface area contributed by atoms with Crippen molar-refractivity contribution in [3.8, 4) is 0 Å². The highest BCUT2D eigenvalue weighted by molar-refractivity contribution is 6.57. The number of rotatable bonds is 0. The van der Waals surface area contributed by atoms with Gasteiger partial charge in [0.15, 0.2) is 0 Å². The molecule has 1 aliphatic rings. The van der Waals surface area contributed by atoms with E-state index >= 15 is 0 Å². The van der Waals surface area contributed by atoms with Gasteiger partial charge in [-0.15, -0.1) is 0 Å². The highest BCUT2D eigenvalue weighted by Crippen LogP contribution is 2.17. The van der Waals surface area contributed by atoms with E-state index in [1.807, 2.05) is 0 Å². The Kier molecular flexibility index (Phi) is 1.95. The van der Waals surface area contributed by atoms with Crippen molar-refractivity contribution in [2.75, 3.05) is 0 Å². The van der Waals surface area contributed by atoms with Crippen molar-refractivity contribution in [1.82, 2.24) is 0 Å². The number of hydrogen-bond acceptors (Lipinski definition) is 1. The predicted molar refractivity (Wildman–Crippen MR) is 38.4 cm³/mol. The highest BCUT2D eigenvalue weighted by Gasteiger charge is 2.16. The lowest BCUT2D eigenvalue weighted by molar-refractivity contribution is 0.599. The average molecular weight is 111 g/mol. The summed E-state index contributed by atoms with van der Waals surface area (Å²) in [6.07, 6.45) is 5.20. The van der Waals surface area contributed by atoms with Gasteiger partial charge >= 0.3 is 0 Å². The van der Waals surface area contributed by atoms with E-state index in [1.54, 1.807) is 0 Å². The second kappa shape index (κ2) is 2.54. The van der Waals surface area contributed by atoms with Gasteiger partial charge in [0.2, 0.25) is 0 Å². The van der Waals surface area contributed by atoms with Crippen LogP contribution >= 0.6 is 0 Å². The fourth-order valence-electron chi connectivity index (χ4n) is 1.29. The third kappa shape index (κ3) is 1.51. The Balaban J connectivity index is 2.19. The van der Waals surface area contributed by atoms with E-state index in [2.05, 4.69) is 6.82 Å². The van der Waals surface area contributed by atoms with Crippen LogP contribution in [0.15, 0.2) is 0 Å². The molecule has 0 amide bonds. The third-order valence-corrected chi connectivity index (χ3v) is 2.06. The molecule has 1 fully saturated rings. The zero-order chi connectivity index (χ0) is 5.98. The fraction of sp³-hybridized carbons (Fsp3) is 1.00. The van der Waals surface area contributed by atoms with Crippen LogP contribution in [0.4, 0.5) is 0 Å².